The number of carbonyl (C=O) groups is 2. The molecule has 1 saturated heterocycles. The predicted octanol–water partition coefficient (Wildman–Crippen LogP) is 4.20. The number of amides is 1. The van der Waals surface area contributed by atoms with Crippen molar-refractivity contribution in [1.82, 2.24) is 4.90 Å². The SMILES string of the molecule is COC(=O)CN1CC2=CC[C@H]3[C@@](C)(CC[C@H]4C(C)(C)CCC[C@]34C)[C@@H]2C1=O. The maximum Gasteiger partial charge on any atom is 0.325 e. The highest BCUT2D eigenvalue weighted by Crippen LogP contribution is 2.68. The van der Waals surface area contributed by atoms with Gasteiger partial charge in [0, 0.05) is 6.54 Å². The summed E-state index contributed by atoms with van der Waals surface area (Å²) >= 11 is 0. The van der Waals surface area contributed by atoms with Gasteiger partial charge in [-0.05, 0) is 65.8 Å². The Labute approximate surface area is 163 Å². The van der Waals surface area contributed by atoms with Gasteiger partial charge >= 0.3 is 5.97 Å². The van der Waals surface area contributed by atoms with E-state index in [0.717, 1.165) is 18.8 Å². The van der Waals surface area contributed by atoms with Gasteiger partial charge in [-0.2, -0.15) is 0 Å². The highest BCUT2D eigenvalue weighted by molar-refractivity contribution is 5.89. The number of methoxy groups -OCH3 is 1. The molecule has 0 aromatic heterocycles. The highest BCUT2D eigenvalue weighted by Gasteiger charge is 2.63. The monoisotopic (exact) mass is 373 g/mol. The maximum absolute atomic E-state index is 13.3. The Morgan fingerprint density at radius 2 is 1.89 bits per heavy atom. The van der Waals surface area contributed by atoms with Crippen molar-refractivity contribution in [2.75, 3.05) is 20.2 Å². The van der Waals surface area contributed by atoms with Crippen LogP contribution in [0.3, 0.4) is 0 Å². The van der Waals surface area contributed by atoms with Crippen LogP contribution in [-0.2, 0) is 14.3 Å². The summed E-state index contributed by atoms with van der Waals surface area (Å²) in [6.07, 6.45) is 9.71. The lowest BCUT2D eigenvalue weighted by atomic mass is 9.40. The Bertz CT molecular complexity index is 696. The summed E-state index contributed by atoms with van der Waals surface area (Å²) in [5, 5.41) is 0. The van der Waals surface area contributed by atoms with Gasteiger partial charge in [-0.25, -0.2) is 0 Å². The third-order valence-corrected chi connectivity index (χ3v) is 8.97. The first-order chi connectivity index (χ1) is 12.6. The fraction of sp³-hybridized carbons (Fsp3) is 0.826. The number of carbonyl (C=O) groups excluding carboxylic acids is 2. The van der Waals surface area contributed by atoms with Crippen LogP contribution >= 0.6 is 0 Å². The minimum Gasteiger partial charge on any atom is -0.468 e. The molecule has 1 aliphatic heterocycles. The topological polar surface area (TPSA) is 46.6 Å². The molecule has 4 heteroatoms. The molecule has 2 saturated carbocycles. The quantitative estimate of drug-likeness (QED) is 0.538. The van der Waals surface area contributed by atoms with E-state index in [-0.39, 0.29) is 29.8 Å². The zero-order chi connectivity index (χ0) is 19.6. The van der Waals surface area contributed by atoms with Crippen LogP contribution in [-0.4, -0.2) is 37.0 Å². The average molecular weight is 374 g/mol. The minimum atomic E-state index is -0.325. The van der Waals surface area contributed by atoms with Gasteiger partial charge in [-0.3, -0.25) is 9.59 Å². The number of rotatable bonds is 2. The van der Waals surface area contributed by atoms with Gasteiger partial charge in [0.1, 0.15) is 6.54 Å². The van der Waals surface area contributed by atoms with Crippen molar-refractivity contribution in [2.24, 2.45) is 34.0 Å². The number of ether oxygens (including phenoxy) is 1. The fourth-order valence-electron chi connectivity index (χ4n) is 7.81. The summed E-state index contributed by atoms with van der Waals surface area (Å²) in [6, 6.07) is 0. The van der Waals surface area contributed by atoms with Gasteiger partial charge < -0.3 is 9.64 Å². The van der Waals surface area contributed by atoms with E-state index in [2.05, 4.69) is 33.8 Å². The Balaban J connectivity index is 1.67. The molecule has 1 heterocycles. The fourth-order valence-corrected chi connectivity index (χ4v) is 7.81. The Morgan fingerprint density at radius 3 is 2.59 bits per heavy atom. The first-order valence-electron chi connectivity index (χ1n) is 10.7. The molecule has 1 amide bonds. The molecule has 27 heavy (non-hydrogen) atoms. The number of allylic oxidation sites excluding steroid dienone is 1. The number of fused-ring (bicyclic) bond motifs is 5. The minimum absolute atomic E-state index is 0.0186. The lowest BCUT2D eigenvalue weighted by molar-refractivity contribution is -0.160. The number of hydrogen-bond donors (Lipinski definition) is 0. The third-order valence-electron chi connectivity index (χ3n) is 8.97. The van der Waals surface area contributed by atoms with Crippen LogP contribution in [0.5, 0.6) is 0 Å². The normalized spacial score (nSPS) is 42.7. The molecule has 0 unspecified atom stereocenters. The van der Waals surface area contributed by atoms with Gasteiger partial charge in [0.2, 0.25) is 5.91 Å². The van der Waals surface area contributed by atoms with Crippen molar-refractivity contribution in [3.63, 3.8) is 0 Å². The van der Waals surface area contributed by atoms with Gasteiger partial charge in [-0.15, -0.1) is 0 Å². The van der Waals surface area contributed by atoms with E-state index in [1.807, 2.05) is 0 Å². The Kier molecular flexibility index (Phi) is 4.29. The second-order valence-corrected chi connectivity index (χ2v) is 10.7. The predicted molar refractivity (Wildman–Crippen MR) is 105 cm³/mol. The zero-order valence-corrected chi connectivity index (χ0v) is 17.6. The smallest absolute Gasteiger partial charge is 0.325 e. The van der Waals surface area contributed by atoms with E-state index in [4.69, 9.17) is 4.74 Å². The number of esters is 1. The second kappa shape index (κ2) is 6.09. The summed E-state index contributed by atoms with van der Waals surface area (Å²) in [7, 11) is 1.39. The largest absolute Gasteiger partial charge is 0.468 e. The molecule has 3 fully saturated rings. The maximum atomic E-state index is 13.3. The van der Waals surface area contributed by atoms with E-state index < -0.39 is 0 Å². The Morgan fingerprint density at radius 1 is 1.15 bits per heavy atom. The number of hydrogen-bond acceptors (Lipinski definition) is 3. The zero-order valence-electron chi connectivity index (χ0n) is 17.6. The lowest BCUT2D eigenvalue weighted by Gasteiger charge is -2.64. The number of nitrogens with zero attached hydrogens (tertiary/aromatic N) is 1. The van der Waals surface area contributed by atoms with Crippen LogP contribution in [0.4, 0.5) is 0 Å². The van der Waals surface area contributed by atoms with Crippen molar-refractivity contribution >= 4 is 11.9 Å². The van der Waals surface area contributed by atoms with Gasteiger partial charge in [0.05, 0.1) is 13.0 Å². The van der Waals surface area contributed by atoms with Gasteiger partial charge in [-0.1, -0.05) is 40.2 Å². The van der Waals surface area contributed by atoms with Crippen molar-refractivity contribution in [1.29, 1.82) is 0 Å². The molecule has 5 atom stereocenters. The van der Waals surface area contributed by atoms with Gasteiger partial charge in [0.15, 0.2) is 0 Å². The average Bonchev–Trinajstić information content (AvgIpc) is 2.90. The summed E-state index contributed by atoms with van der Waals surface area (Å²) in [4.78, 5) is 26.8. The molecule has 3 aliphatic carbocycles. The van der Waals surface area contributed by atoms with E-state index >= 15 is 0 Å². The summed E-state index contributed by atoms with van der Waals surface area (Å²) in [6.45, 7) is 10.5. The molecular formula is C23H35NO3. The standard InChI is InChI=1S/C23H35NO3/c1-21(2)10-6-11-22(3)16(21)9-12-23(4)17(22)8-7-15-13-24(14-18(25)27-5)20(26)19(15)23/h7,16-17,19H,6,8-14H2,1-5H3/t16-,17+,19-,22-,23+/m0/s1. The van der Waals surface area contributed by atoms with Crippen molar-refractivity contribution in [3.05, 3.63) is 11.6 Å². The molecule has 0 radical (unpaired) electrons. The van der Waals surface area contributed by atoms with Crippen molar-refractivity contribution in [2.45, 2.75) is 66.2 Å². The van der Waals surface area contributed by atoms with E-state index in [0.29, 0.717) is 23.3 Å². The first kappa shape index (κ1) is 19.0. The molecule has 0 N–H and O–H groups in total. The van der Waals surface area contributed by atoms with E-state index in [1.165, 1.54) is 38.4 Å². The molecule has 4 nitrogen and oxygen atoms in total. The molecule has 0 bridgehead atoms. The number of likely N-dealkylation sites (tertiary alicyclic amines) is 1. The van der Waals surface area contributed by atoms with E-state index in [9.17, 15) is 9.59 Å². The first-order valence-corrected chi connectivity index (χ1v) is 10.7. The van der Waals surface area contributed by atoms with Crippen LogP contribution in [0.2, 0.25) is 0 Å². The lowest BCUT2D eigenvalue weighted by Crippen LogP contribution is -2.58. The van der Waals surface area contributed by atoms with Crippen LogP contribution in [0.25, 0.3) is 0 Å². The Hall–Kier alpha value is -1.32. The highest BCUT2D eigenvalue weighted by atomic mass is 16.5. The molecular weight excluding hydrogens is 338 g/mol. The molecule has 0 spiro atoms. The summed E-state index contributed by atoms with van der Waals surface area (Å²) in [5.41, 5.74) is 1.98. The van der Waals surface area contributed by atoms with Crippen molar-refractivity contribution < 1.29 is 14.3 Å². The molecule has 0 aromatic rings. The van der Waals surface area contributed by atoms with Crippen LogP contribution < -0.4 is 0 Å². The van der Waals surface area contributed by atoms with Crippen molar-refractivity contribution in [3.8, 4) is 0 Å². The van der Waals surface area contributed by atoms with Crippen LogP contribution in [0.15, 0.2) is 11.6 Å². The molecule has 150 valence electrons. The summed E-state index contributed by atoms with van der Waals surface area (Å²) in [5.74, 6) is 1.09. The van der Waals surface area contributed by atoms with Crippen LogP contribution in [0.1, 0.15) is 66.2 Å². The molecule has 4 aliphatic rings. The van der Waals surface area contributed by atoms with Gasteiger partial charge in [0.25, 0.3) is 0 Å². The molecule has 0 aromatic carbocycles. The second-order valence-electron chi connectivity index (χ2n) is 10.7. The van der Waals surface area contributed by atoms with E-state index in [1.54, 1.807) is 4.90 Å². The summed E-state index contributed by atoms with van der Waals surface area (Å²) < 4.78 is 4.80. The third kappa shape index (κ3) is 2.61. The van der Waals surface area contributed by atoms with Crippen LogP contribution in [0, 0.1) is 34.0 Å². The molecule has 4 rings (SSSR count).